The van der Waals surface area contributed by atoms with Crippen LogP contribution in [0.2, 0.25) is 0 Å². The zero-order valence-corrected chi connectivity index (χ0v) is 18.1. The molecule has 0 saturated carbocycles. The summed E-state index contributed by atoms with van der Waals surface area (Å²) in [4.78, 5) is 24.3. The molecule has 29 heavy (non-hydrogen) atoms. The molecule has 0 unspecified atom stereocenters. The first kappa shape index (κ1) is 20.9. The van der Waals surface area contributed by atoms with Crippen LogP contribution in [0.3, 0.4) is 0 Å². The lowest BCUT2D eigenvalue weighted by Gasteiger charge is -2.09. The van der Waals surface area contributed by atoms with Crippen LogP contribution < -0.4 is 10.6 Å². The largest absolute Gasteiger partial charge is 0.354 e. The standard InChI is InChI=1S/C20H20BrN5O2S/c1-13-3-2-4-14(11-13)19-24-25-20(29)26(19)12-18(28)22-10-9-17(27)23-16-7-5-15(21)6-8-16/h2-8,11H,9-10,12H2,1H3,(H,22,28)(H,23,27)(H,25,29). The van der Waals surface area contributed by atoms with E-state index in [-0.39, 0.29) is 31.3 Å². The first-order valence-electron chi connectivity index (χ1n) is 8.97. The SMILES string of the molecule is Cc1cccc(-c2n[nH]c(=S)n2CC(=O)NCCC(=O)Nc2ccc(Br)cc2)c1. The van der Waals surface area contributed by atoms with Gasteiger partial charge in [0.2, 0.25) is 11.8 Å². The third-order valence-corrected chi connectivity index (χ3v) is 4.98. The molecule has 3 rings (SSSR count). The number of carbonyl (C=O) groups is 2. The quantitative estimate of drug-likeness (QED) is 0.454. The van der Waals surface area contributed by atoms with Gasteiger partial charge in [-0.2, -0.15) is 5.10 Å². The van der Waals surface area contributed by atoms with Crippen molar-refractivity contribution in [2.75, 3.05) is 11.9 Å². The molecule has 3 aromatic rings. The van der Waals surface area contributed by atoms with Crippen molar-refractivity contribution in [1.29, 1.82) is 0 Å². The summed E-state index contributed by atoms with van der Waals surface area (Å²) in [7, 11) is 0. The summed E-state index contributed by atoms with van der Waals surface area (Å²) in [5.41, 5.74) is 2.67. The summed E-state index contributed by atoms with van der Waals surface area (Å²) in [6, 6.07) is 15.1. The predicted molar refractivity (Wildman–Crippen MR) is 118 cm³/mol. The number of halogens is 1. The minimum absolute atomic E-state index is 0.0208. The van der Waals surface area contributed by atoms with Crippen LogP contribution in [-0.4, -0.2) is 33.1 Å². The Morgan fingerprint density at radius 3 is 2.66 bits per heavy atom. The van der Waals surface area contributed by atoms with Gasteiger partial charge in [0.05, 0.1) is 0 Å². The molecule has 0 aliphatic carbocycles. The van der Waals surface area contributed by atoms with Crippen LogP contribution in [0.1, 0.15) is 12.0 Å². The van der Waals surface area contributed by atoms with Crippen molar-refractivity contribution in [2.24, 2.45) is 0 Å². The number of carbonyl (C=O) groups excluding carboxylic acids is 2. The third-order valence-electron chi connectivity index (χ3n) is 4.14. The fourth-order valence-electron chi connectivity index (χ4n) is 2.74. The van der Waals surface area contributed by atoms with E-state index in [4.69, 9.17) is 12.2 Å². The van der Waals surface area contributed by atoms with Crippen molar-refractivity contribution in [3.8, 4) is 11.4 Å². The van der Waals surface area contributed by atoms with E-state index in [1.807, 2.05) is 43.3 Å². The molecule has 0 aliphatic rings. The van der Waals surface area contributed by atoms with Gasteiger partial charge in [-0.3, -0.25) is 19.3 Å². The van der Waals surface area contributed by atoms with E-state index in [1.165, 1.54) is 0 Å². The smallest absolute Gasteiger partial charge is 0.240 e. The van der Waals surface area contributed by atoms with Gasteiger partial charge in [0.1, 0.15) is 6.54 Å². The molecule has 2 aromatic carbocycles. The van der Waals surface area contributed by atoms with Crippen LogP contribution >= 0.6 is 28.1 Å². The minimum Gasteiger partial charge on any atom is -0.354 e. The lowest BCUT2D eigenvalue weighted by molar-refractivity contribution is -0.121. The Morgan fingerprint density at radius 1 is 1.17 bits per heavy atom. The summed E-state index contributed by atoms with van der Waals surface area (Å²) in [6.07, 6.45) is 0.170. The molecule has 0 fully saturated rings. The van der Waals surface area contributed by atoms with Crippen molar-refractivity contribution >= 4 is 45.6 Å². The first-order chi connectivity index (χ1) is 13.9. The van der Waals surface area contributed by atoms with Crippen LogP contribution in [0.4, 0.5) is 5.69 Å². The summed E-state index contributed by atoms with van der Waals surface area (Å²) in [5.74, 6) is 0.183. The van der Waals surface area contributed by atoms with Gasteiger partial charge in [-0.05, 0) is 49.5 Å². The van der Waals surface area contributed by atoms with Crippen LogP contribution in [0.25, 0.3) is 11.4 Å². The highest BCUT2D eigenvalue weighted by molar-refractivity contribution is 9.10. The van der Waals surface area contributed by atoms with E-state index in [2.05, 4.69) is 36.8 Å². The lowest BCUT2D eigenvalue weighted by atomic mass is 10.1. The molecule has 0 aliphatic heterocycles. The van der Waals surface area contributed by atoms with Crippen LogP contribution in [-0.2, 0) is 16.1 Å². The number of H-pyrrole nitrogens is 1. The second kappa shape index (κ2) is 9.62. The molecule has 0 atom stereocenters. The van der Waals surface area contributed by atoms with Crippen LogP contribution in [0, 0.1) is 11.7 Å². The topological polar surface area (TPSA) is 91.8 Å². The molecular weight excluding hydrogens is 454 g/mol. The molecule has 0 spiro atoms. The Bertz CT molecular complexity index is 1070. The molecule has 150 valence electrons. The van der Waals surface area contributed by atoms with Gasteiger partial charge in [-0.25, -0.2) is 0 Å². The predicted octanol–water partition coefficient (Wildman–Crippen LogP) is 3.82. The van der Waals surface area contributed by atoms with E-state index in [0.717, 1.165) is 15.6 Å². The number of nitrogens with zero attached hydrogens (tertiary/aromatic N) is 2. The first-order valence-corrected chi connectivity index (χ1v) is 10.2. The number of nitrogens with one attached hydrogen (secondary N) is 3. The number of aromatic nitrogens is 3. The van der Waals surface area contributed by atoms with E-state index < -0.39 is 0 Å². The molecule has 2 amide bonds. The number of hydrogen-bond acceptors (Lipinski definition) is 4. The highest BCUT2D eigenvalue weighted by Crippen LogP contribution is 2.18. The Hall–Kier alpha value is -2.78. The van der Waals surface area contributed by atoms with Crippen molar-refractivity contribution < 1.29 is 9.59 Å². The Morgan fingerprint density at radius 2 is 1.93 bits per heavy atom. The fourth-order valence-corrected chi connectivity index (χ4v) is 3.20. The van der Waals surface area contributed by atoms with E-state index in [0.29, 0.717) is 16.3 Å². The average Bonchev–Trinajstić information content (AvgIpc) is 3.04. The summed E-state index contributed by atoms with van der Waals surface area (Å²) in [5, 5.41) is 12.5. The number of aromatic amines is 1. The highest BCUT2D eigenvalue weighted by Gasteiger charge is 2.13. The maximum absolute atomic E-state index is 12.3. The van der Waals surface area contributed by atoms with Gasteiger partial charge in [-0.1, -0.05) is 39.7 Å². The number of hydrogen-bond donors (Lipinski definition) is 3. The Labute approximate surface area is 181 Å². The summed E-state index contributed by atoms with van der Waals surface area (Å²) >= 11 is 8.60. The maximum Gasteiger partial charge on any atom is 0.240 e. The molecule has 1 aromatic heterocycles. The Kier molecular flexibility index (Phi) is 6.95. The van der Waals surface area contributed by atoms with Crippen LogP contribution in [0.5, 0.6) is 0 Å². The molecule has 0 bridgehead atoms. The lowest BCUT2D eigenvalue weighted by Crippen LogP contribution is -2.30. The van der Waals surface area contributed by atoms with Gasteiger partial charge in [0.15, 0.2) is 10.6 Å². The fraction of sp³-hybridized carbons (Fsp3) is 0.200. The van der Waals surface area contributed by atoms with Crippen molar-refractivity contribution in [2.45, 2.75) is 19.9 Å². The zero-order valence-electron chi connectivity index (χ0n) is 15.7. The van der Waals surface area contributed by atoms with Gasteiger partial charge in [0, 0.05) is 28.7 Å². The highest BCUT2D eigenvalue weighted by atomic mass is 79.9. The van der Waals surface area contributed by atoms with Gasteiger partial charge >= 0.3 is 0 Å². The normalized spacial score (nSPS) is 10.6. The zero-order chi connectivity index (χ0) is 20.8. The number of rotatable bonds is 7. The Balaban J connectivity index is 1.54. The van der Waals surface area contributed by atoms with Crippen LogP contribution in [0.15, 0.2) is 53.0 Å². The summed E-state index contributed by atoms with van der Waals surface area (Å²) < 4.78 is 2.94. The molecule has 9 heteroatoms. The molecule has 0 radical (unpaired) electrons. The third kappa shape index (κ3) is 5.85. The minimum atomic E-state index is -0.243. The van der Waals surface area contributed by atoms with E-state index in [9.17, 15) is 9.59 Å². The van der Waals surface area contributed by atoms with Crippen molar-refractivity contribution in [3.63, 3.8) is 0 Å². The molecule has 3 N–H and O–H groups in total. The second-order valence-electron chi connectivity index (χ2n) is 6.46. The van der Waals surface area contributed by atoms with Crippen molar-refractivity contribution in [3.05, 3.63) is 63.3 Å². The average molecular weight is 474 g/mol. The number of benzene rings is 2. The molecule has 1 heterocycles. The number of aryl methyl sites for hydroxylation is 1. The van der Waals surface area contributed by atoms with Crippen molar-refractivity contribution in [1.82, 2.24) is 20.1 Å². The molecule has 0 saturated heterocycles. The van der Waals surface area contributed by atoms with Gasteiger partial charge in [0.25, 0.3) is 0 Å². The summed E-state index contributed by atoms with van der Waals surface area (Å²) in [6.45, 7) is 2.24. The number of anilines is 1. The van der Waals surface area contributed by atoms with E-state index >= 15 is 0 Å². The van der Waals surface area contributed by atoms with E-state index in [1.54, 1.807) is 16.7 Å². The second-order valence-corrected chi connectivity index (χ2v) is 7.77. The van der Waals surface area contributed by atoms with Gasteiger partial charge in [-0.15, -0.1) is 0 Å². The monoisotopic (exact) mass is 473 g/mol. The number of amides is 2. The van der Waals surface area contributed by atoms with Gasteiger partial charge < -0.3 is 10.6 Å². The molecular formula is C20H20BrN5O2S. The maximum atomic E-state index is 12.3. The molecule has 7 nitrogen and oxygen atoms in total.